The first kappa shape index (κ1) is 23.5. The second-order valence-corrected chi connectivity index (χ2v) is 7.36. The number of halogens is 7. The van der Waals surface area contributed by atoms with Crippen molar-refractivity contribution < 1.29 is 36.2 Å². The number of nitrogens with one attached hydrogen (secondary N) is 1. The molecule has 0 unspecified atom stereocenters. The van der Waals surface area contributed by atoms with Crippen LogP contribution in [0.25, 0.3) is 11.1 Å². The second kappa shape index (κ2) is 8.38. The minimum Gasteiger partial charge on any atom is -0.507 e. The van der Waals surface area contributed by atoms with Crippen LogP contribution in [0.4, 0.5) is 32.0 Å². The number of benzene rings is 3. The summed E-state index contributed by atoms with van der Waals surface area (Å²) in [5.74, 6) is -1.40. The minimum absolute atomic E-state index is 0.110. The lowest BCUT2D eigenvalue weighted by atomic mass is 9.93. The molecule has 3 aromatic carbocycles. The van der Waals surface area contributed by atoms with Crippen LogP contribution in [0.5, 0.6) is 5.75 Å². The van der Waals surface area contributed by atoms with Crippen molar-refractivity contribution in [3.8, 4) is 16.9 Å². The van der Waals surface area contributed by atoms with Crippen molar-refractivity contribution in [3.05, 3.63) is 81.9 Å². The lowest BCUT2D eigenvalue weighted by molar-refractivity contribution is -0.139. The van der Waals surface area contributed by atoms with Crippen LogP contribution in [-0.2, 0) is 12.4 Å². The molecule has 0 heterocycles. The highest BCUT2D eigenvalue weighted by molar-refractivity contribution is 6.31. The van der Waals surface area contributed by atoms with Gasteiger partial charge in [-0.25, -0.2) is 0 Å². The summed E-state index contributed by atoms with van der Waals surface area (Å²) in [7, 11) is 0. The summed E-state index contributed by atoms with van der Waals surface area (Å²) in [5, 5.41) is 12.1. The van der Waals surface area contributed by atoms with Crippen LogP contribution < -0.4 is 5.32 Å². The van der Waals surface area contributed by atoms with E-state index in [1.807, 2.05) is 0 Å². The van der Waals surface area contributed by atoms with Crippen LogP contribution in [0.2, 0.25) is 5.02 Å². The van der Waals surface area contributed by atoms with E-state index in [-0.39, 0.29) is 21.8 Å². The van der Waals surface area contributed by atoms with Gasteiger partial charge < -0.3 is 10.4 Å². The number of hydrogen-bond acceptors (Lipinski definition) is 2. The number of phenols is 1. The predicted octanol–water partition coefficient (Wildman–Crippen LogP) is 7.31. The SMILES string of the molecule is Cc1ccc(-c2ccc(NC(=O)c3cc(Cl)ccc3O)cc2C(F)(F)F)c(C(F)(F)F)c1. The summed E-state index contributed by atoms with van der Waals surface area (Å²) >= 11 is 5.77. The summed E-state index contributed by atoms with van der Waals surface area (Å²) < 4.78 is 81.7. The van der Waals surface area contributed by atoms with E-state index in [1.54, 1.807) is 0 Å². The van der Waals surface area contributed by atoms with E-state index in [0.29, 0.717) is 6.07 Å². The molecule has 0 bridgehead atoms. The van der Waals surface area contributed by atoms with Gasteiger partial charge in [-0.1, -0.05) is 35.4 Å². The van der Waals surface area contributed by atoms with Gasteiger partial charge in [-0.3, -0.25) is 4.79 Å². The zero-order valence-corrected chi connectivity index (χ0v) is 17.0. The topological polar surface area (TPSA) is 49.3 Å². The molecule has 10 heteroatoms. The van der Waals surface area contributed by atoms with E-state index >= 15 is 0 Å². The Hall–Kier alpha value is -3.20. The number of carbonyl (C=O) groups excluding carboxylic acids is 1. The van der Waals surface area contributed by atoms with Crippen LogP contribution in [0.15, 0.2) is 54.6 Å². The number of rotatable bonds is 3. The zero-order valence-electron chi connectivity index (χ0n) is 16.2. The Bertz CT molecular complexity index is 1190. The van der Waals surface area contributed by atoms with Gasteiger partial charge in [-0.05, 0) is 54.4 Å². The molecule has 32 heavy (non-hydrogen) atoms. The lowest BCUT2D eigenvalue weighted by Crippen LogP contribution is -2.15. The minimum atomic E-state index is -5.01. The summed E-state index contributed by atoms with van der Waals surface area (Å²) in [5.41, 5.74) is -4.27. The number of phenolic OH excluding ortho intramolecular Hbond substituents is 1. The Morgan fingerprint density at radius 3 is 2.00 bits per heavy atom. The van der Waals surface area contributed by atoms with Gasteiger partial charge in [0, 0.05) is 10.7 Å². The van der Waals surface area contributed by atoms with Gasteiger partial charge >= 0.3 is 12.4 Å². The average molecular weight is 474 g/mol. The highest BCUT2D eigenvalue weighted by Gasteiger charge is 2.38. The Balaban J connectivity index is 2.09. The molecule has 0 atom stereocenters. The normalized spacial score (nSPS) is 12.0. The van der Waals surface area contributed by atoms with Crippen LogP contribution in [0.3, 0.4) is 0 Å². The lowest BCUT2D eigenvalue weighted by Gasteiger charge is -2.19. The molecular weight excluding hydrogens is 460 g/mol. The van der Waals surface area contributed by atoms with Crippen molar-refractivity contribution in [1.82, 2.24) is 0 Å². The zero-order chi connectivity index (χ0) is 23.8. The maximum Gasteiger partial charge on any atom is 0.417 e. The molecule has 3 nitrogen and oxygen atoms in total. The molecule has 3 aromatic rings. The highest BCUT2D eigenvalue weighted by Crippen LogP contribution is 2.43. The quantitative estimate of drug-likeness (QED) is 0.392. The Kier molecular flexibility index (Phi) is 6.15. The Labute approximate surface area is 183 Å². The first-order valence-electron chi connectivity index (χ1n) is 8.96. The standard InChI is InChI=1S/C22H14ClF6NO2/c1-11-2-5-14(17(8-11)21(24,25)26)15-6-4-13(10-18(15)22(27,28)29)30-20(32)16-9-12(23)3-7-19(16)31/h2-10,31H,1H3,(H,30,32). The van der Waals surface area contributed by atoms with E-state index in [2.05, 4.69) is 5.32 Å². The molecule has 0 radical (unpaired) electrons. The molecule has 1 amide bonds. The van der Waals surface area contributed by atoms with Gasteiger partial charge in [0.2, 0.25) is 0 Å². The molecule has 0 saturated heterocycles. The van der Waals surface area contributed by atoms with Gasteiger partial charge in [0.05, 0.1) is 16.7 Å². The molecule has 0 spiro atoms. The summed E-state index contributed by atoms with van der Waals surface area (Å²) in [6.45, 7) is 1.40. The molecule has 0 aliphatic rings. The number of hydrogen-bond donors (Lipinski definition) is 2. The molecule has 0 fully saturated rings. The summed E-state index contributed by atoms with van der Waals surface area (Å²) in [6, 6.07) is 9.03. The first-order valence-corrected chi connectivity index (χ1v) is 9.34. The molecule has 2 N–H and O–H groups in total. The number of amides is 1. The van der Waals surface area contributed by atoms with Gasteiger partial charge in [-0.2, -0.15) is 26.3 Å². The van der Waals surface area contributed by atoms with Crippen molar-refractivity contribution in [1.29, 1.82) is 0 Å². The average Bonchev–Trinajstić information content (AvgIpc) is 2.68. The summed E-state index contributed by atoms with van der Waals surface area (Å²) in [4.78, 5) is 12.4. The van der Waals surface area contributed by atoms with Crippen molar-refractivity contribution in [2.45, 2.75) is 19.3 Å². The second-order valence-electron chi connectivity index (χ2n) is 6.92. The molecule has 0 aliphatic carbocycles. The van der Waals surface area contributed by atoms with E-state index < -0.39 is 46.3 Å². The number of aromatic hydroxyl groups is 1. The van der Waals surface area contributed by atoms with Crippen molar-refractivity contribution in [2.75, 3.05) is 5.32 Å². The van der Waals surface area contributed by atoms with Crippen LogP contribution in [0, 0.1) is 6.92 Å². The van der Waals surface area contributed by atoms with Crippen molar-refractivity contribution >= 4 is 23.2 Å². The molecule has 3 rings (SSSR count). The summed E-state index contributed by atoms with van der Waals surface area (Å²) in [6.07, 6.45) is -9.89. The van der Waals surface area contributed by atoms with E-state index in [4.69, 9.17) is 11.6 Å². The number of carbonyl (C=O) groups is 1. The number of anilines is 1. The third-order valence-corrected chi connectivity index (χ3v) is 4.79. The molecular formula is C22H14ClF6NO2. The van der Waals surface area contributed by atoms with Crippen molar-refractivity contribution in [3.63, 3.8) is 0 Å². The fraction of sp³-hybridized carbons (Fsp3) is 0.136. The van der Waals surface area contributed by atoms with Gasteiger partial charge in [0.15, 0.2) is 0 Å². The number of aryl methyl sites for hydroxylation is 1. The fourth-order valence-corrected chi connectivity index (χ4v) is 3.28. The molecule has 168 valence electrons. The van der Waals surface area contributed by atoms with Crippen LogP contribution in [0.1, 0.15) is 27.0 Å². The molecule has 0 aromatic heterocycles. The van der Waals surface area contributed by atoms with Crippen molar-refractivity contribution in [2.24, 2.45) is 0 Å². The third kappa shape index (κ3) is 4.99. The van der Waals surface area contributed by atoms with E-state index in [0.717, 1.165) is 36.4 Å². The Morgan fingerprint density at radius 2 is 1.41 bits per heavy atom. The van der Waals surface area contributed by atoms with Gasteiger partial charge in [-0.15, -0.1) is 0 Å². The third-order valence-electron chi connectivity index (χ3n) is 4.56. The smallest absolute Gasteiger partial charge is 0.417 e. The maximum atomic E-state index is 13.7. The fourth-order valence-electron chi connectivity index (χ4n) is 3.11. The molecule has 0 saturated carbocycles. The first-order chi connectivity index (χ1) is 14.8. The van der Waals surface area contributed by atoms with E-state index in [9.17, 15) is 36.2 Å². The Morgan fingerprint density at radius 1 is 0.844 bits per heavy atom. The monoisotopic (exact) mass is 473 g/mol. The highest BCUT2D eigenvalue weighted by atomic mass is 35.5. The van der Waals surface area contributed by atoms with Crippen LogP contribution in [-0.4, -0.2) is 11.0 Å². The van der Waals surface area contributed by atoms with Crippen LogP contribution >= 0.6 is 11.6 Å². The predicted molar refractivity (Wildman–Crippen MR) is 108 cm³/mol. The molecule has 0 aliphatic heterocycles. The van der Waals surface area contributed by atoms with Gasteiger partial charge in [0.1, 0.15) is 5.75 Å². The van der Waals surface area contributed by atoms with Gasteiger partial charge in [0.25, 0.3) is 5.91 Å². The van der Waals surface area contributed by atoms with E-state index in [1.165, 1.54) is 19.1 Å². The largest absolute Gasteiger partial charge is 0.507 e. The maximum absolute atomic E-state index is 13.7. The number of alkyl halides is 6.